The van der Waals surface area contributed by atoms with E-state index >= 15 is 0 Å². The fourth-order valence-corrected chi connectivity index (χ4v) is 2.96. The Morgan fingerprint density at radius 1 is 1.07 bits per heavy atom. The van der Waals surface area contributed by atoms with Crippen LogP contribution in [0.15, 0.2) is 45.4 Å². The first-order chi connectivity index (χ1) is 13.6. The lowest BCUT2D eigenvalue weighted by molar-refractivity contribution is 0.354. The molecule has 0 aliphatic heterocycles. The van der Waals surface area contributed by atoms with Gasteiger partial charge in [0.05, 0.1) is 26.5 Å². The number of anilines is 1. The minimum absolute atomic E-state index is 0.124. The Labute approximate surface area is 165 Å². The molecule has 0 aliphatic rings. The minimum atomic E-state index is -0.124. The third-order valence-corrected chi connectivity index (χ3v) is 4.46. The molecule has 0 saturated heterocycles. The van der Waals surface area contributed by atoms with Crippen molar-refractivity contribution in [3.63, 3.8) is 0 Å². The first-order valence-corrected chi connectivity index (χ1v) is 8.83. The second-order valence-electron chi connectivity index (χ2n) is 5.97. The maximum Gasteiger partial charge on any atom is 0.265 e. The molecule has 3 aromatic heterocycles. The van der Waals surface area contributed by atoms with Crippen LogP contribution in [0.5, 0.6) is 11.5 Å². The molecule has 0 fully saturated rings. The molecule has 1 atom stereocenters. The van der Waals surface area contributed by atoms with Gasteiger partial charge in [0, 0.05) is 0 Å². The maximum atomic E-state index is 6.27. The molecule has 0 saturated carbocycles. The van der Waals surface area contributed by atoms with Crippen LogP contribution in [-0.2, 0) is 0 Å². The van der Waals surface area contributed by atoms with Crippen LogP contribution in [0, 0.1) is 0 Å². The van der Waals surface area contributed by atoms with Crippen LogP contribution in [0.3, 0.4) is 0 Å². The molecule has 144 valence electrons. The highest BCUT2D eigenvalue weighted by Gasteiger charge is 2.18. The smallest absolute Gasteiger partial charge is 0.265 e. The summed E-state index contributed by atoms with van der Waals surface area (Å²) in [5, 5.41) is 3.40. The topological polar surface area (TPSA) is 95.4 Å². The van der Waals surface area contributed by atoms with Gasteiger partial charge in [0.1, 0.15) is 0 Å². The van der Waals surface area contributed by atoms with E-state index in [1.807, 2.05) is 25.1 Å². The number of nitrogens with one attached hydrogen (secondary N) is 1. The number of furan rings is 1. The van der Waals surface area contributed by atoms with Gasteiger partial charge in [-0.2, -0.15) is 9.97 Å². The van der Waals surface area contributed by atoms with Crippen molar-refractivity contribution >= 4 is 28.8 Å². The number of methoxy groups -OCH3 is 2. The third-order valence-electron chi connectivity index (χ3n) is 4.20. The van der Waals surface area contributed by atoms with Gasteiger partial charge in [-0.1, -0.05) is 17.7 Å². The van der Waals surface area contributed by atoms with Crippen LogP contribution in [-0.4, -0.2) is 29.2 Å². The molecule has 0 spiro atoms. The number of hydrogen-bond donors (Lipinski definition) is 1. The summed E-state index contributed by atoms with van der Waals surface area (Å²) in [6.07, 6.45) is 1.54. The van der Waals surface area contributed by atoms with Crippen LogP contribution >= 0.6 is 11.6 Å². The summed E-state index contributed by atoms with van der Waals surface area (Å²) < 4.78 is 21.6. The molecule has 4 aromatic rings. The number of oxazole rings is 1. The molecule has 1 unspecified atom stereocenters. The normalized spacial score (nSPS) is 12.1. The van der Waals surface area contributed by atoms with Crippen LogP contribution in [0.4, 0.5) is 5.95 Å². The molecular weight excluding hydrogens is 384 g/mol. The Morgan fingerprint density at radius 2 is 1.89 bits per heavy atom. The van der Waals surface area contributed by atoms with E-state index in [1.165, 1.54) is 6.26 Å². The van der Waals surface area contributed by atoms with Crippen molar-refractivity contribution in [2.75, 3.05) is 19.5 Å². The first-order valence-electron chi connectivity index (χ1n) is 8.45. The van der Waals surface area contributed by atoms with Crippen LogP contribution in [0.25, 0.3) is 22.9 Å². The zero-order chi connectivity index (χ0) is 19.7. The van der Waals surface area contributed by atoms with Crippen molar-refractivity contribution in [2.24, 2.45) is 0 Å². The molecule has 0 bridgehead atoms. The third kappa shape index (κ3) is 3.34. The van der Waals surface area contributed by atoms with Gasteiger partial charge in [0.15, 0.2) is 27.9 Å². The van der Waals surface area contributed by atoms with Crippen LogP contribution < -0.4 is 14.8 Å². The SMILES string of the molecule is COc1ccc(C(C)Nc2nc(Cl)c3nc(-c4ccco4)oc3n2)cc1OC. The van der Waals surface area contributed by atoms with E-state index in [0.717, 1.165) is 5.56 Å². The average Bonchev–Trinajstić information content (AvgIpc) is 3.37. The molecule has 9 heteroatoms. The van der Waals surface area contributed by atoms with Crippen molar-refractivity contribution in [1.82, 2.24) is 15.0 Å². The fourth-order valence-electron chi connectivity index (χ4n) is 2.76. The number of hydrogen-bond acceptors (Lipinski definition) is 8. The lowest BCUT2D eigenvalue weighted by Crippen LogP contribution is -2.10. The van der Waals surface area contributed by atoms with Gasteiger partial charge in [0.2, 0.25) is 5.95 Å². The Kier molecular flexibility index (Phi) is 4.79. The van der Waals surface area contributed by atoms with E-state index in [0.29, 0.717) is 34.6 Å². The number of benzene rings is 1. The van der Waals surface area contributed by atoms with E-state index in [4.69, 9.17) is 29.9 Å². The van der Waals surface area contributed by atoms with E-state index < -0.39 is 0 Å². The van der Waals surface area contributed by atoms with Crippen molar-refractivity contribution in [3.8, 4) is 23.1 Å². The zero-order valence-corrected chi connectivity index (χ0v) is 16.1. The summed E-state index contributed by atoms with van der Waals surface area (Å²) in [5.41, 5.74) is 1.61. The Bertz CT molecular complexity index is 1110. The summed E-state index contributed by atoms with van der Waals surface area (Å²) in [4.78, 5) is 12.9. The van der Waals surface area contributed by atoms with Gasteiger partial charge in [-0.05, 0) is 36.8 Å². The molecule has 1 aromatic carbocycles. The number of nitrogens with zero attached hydrogens (tertiary/aromatic N) is 3. The molecule has 28 heavy (non-hydrogen) atoms. The second kappa shape index (κ2) is 7.40. The van der Waals surface area contributed by atoms with Crippen molar-refractivity contribution in [2.45, 2.75) is 13.0 Å². The van der Waals surface area contributed by atoms with Crippen molar-refractivity contribution in [3.05, 3.63) is 47.3 Å². The van der Waals surface area contributed by atoms with E-state index in [1.54, 1.807) is 26.4 Å². The summed E-state index contributed by atoms with van der Waals surface area (Å²) in [5.74, 6) is 2.40. The predicted octanol–water partition coefficient (Wildman–Crippen LogP) is 4.72. The summed E-state index contributed by atoms with van der Waals surface area (Å²) in [6, 6.07) is 9.03. The maximum absolute atomic E-state index is 6.27. The highest BCUT2D eigenvalue weighted by molar-refractivity contribution is 6.33. The number of rotatable bonds is 6. The lowest BCUT2D eigenvalue weighted by Gasteiger charge is -2.16. The van der Waals surface area contributed by atoms with Crippen LogP contribution in [0.1, 0.15) is 18.5 Å². The van der Waals surface area contributed by atoms with Crippen molar-refractivity contribution in [1.29, 1.82) is 0 Å². The monoisotopic (exact) mass is 400 g/mol. The Balaban J connectivity index is 1.62. The standard InChI is InChI=1S/C19H17ClN4O4/c1-10(11-6-7-12(25-2)14(9-11)26-3)21-19-23-16(20)15-18(24-19)28-17(22-15)13-5-4-8-27-13/h4-10H,1-3H3,(H,21,23,24). The molecule has 4 rings (SSSR count). The molecule has 0 radical (unpaired) electrons. The summed E-state index contributed by atoms with van der Waals surface area (Å²) in [6.45, 7) is 1.97. The van der Waals surface area contributed by atoms with Crippen molar-refractivity contribution < 1.29 is 18.3 Å². The van der Waals surface area contributed by atoms with Gasteiger partial charge < -0.3 is 23.6 Å². The number of fused-ring (bicyclic) bond motifs is 1. The number of halogens is 1. The van der Waals surface area contributed by atoms with E-state index in [-0.39, 0.29) is 16.9 Å². The van der Waals surface area contributed by atoms with Gasteiger partial charge >= 0.3 is 0 Å². The van der Waals surface area contributed by atoms with Crippen LogP contribution in [0.2, 0.25) is 5.15 Å². The van der Waals surface area contributed by atoms with E-state index in [9.17, 15) is 0 Å². The Morgan fingerprint density at radius 3 is 2.61 bits per heavy atom. The average molecular weight is 401 g/mol. The fraction of sp³-hybridized carbons (Fsp3) is 0.211. The molecule has 8 nitrogen and oxygen atoms in total. The minimum Gasteiger partial charge on any atom is -0.493 e. The molecule has 0 amide bonds. The predicted molar refractivity (Wildman–Crippen MR) is 104 cm³/mol. The summed E-state index contributed by atoms with van der Waals surface area (Å²) >= 11 is 6.27. The van der Waals surface area contributed by atoms with Gasteiger partial charge in [-0.3, -0.25) is 0 Å². The highest BCUT2D eigenvalue weighted by atomic mass is 35.5. The first kappa shape index (κ1) is 18.1. The number of ether oxygens (including phenoxy) is 2. The molecule has 3 heterocycles. The number of aromatic nitrogens is 3. The molecular formula is C19H17ClN4O4. The molecule has 1 N–H and O–H groups in total. The largest absolute Gasteiger partial charge is 0.493 e. The lowest BCUT2D eigenvalue weighted by atomic mass is 10.1. The Hall–Kier alpha value is -3.26. The van der Waals surface area contributed by atoms with E-state index in [2.05, 4.69) is 20.3 Å². The van der Waals surface area contributed by atoms with Gasteiger partial charge in [0.25, 0.3) is 11.6 Å². The zero-order valence-electron chi connectivity index (χ0n) is 15.4. The summed E-state index contributed by atoms with van der Waals surface area (Å²) in [7, 11) is 3.19. The second-order valence-corrected chi connectivity index (χ2v) is 6.33. The quantitative estimate of drug-likeness (QED) is 0.464. The van der Waals surface area contributed by atoms with Gasteiger partial charge in [-0.15, -0.1) is 0 Å². The van der Waals surface area contributed by atoms with Gasteiger partial charge in [-0.25, -0.2) is 4.98 Å². The molecule has 0 aliphatic carbocycles. The highest BCUT2D eigenvalue weighted by Crippen LogP contribution is 2.32.